The molecule has 10 heteroatoms. The van der Waals surface area contributed by atoms with E-state index in [-0.39, 0.29) is 17.2 Å². The summed E-state index contributed by atoms with van der Waals surface area (Å²) in [6, 6.07) is 5.16. The topological polar surface area (TPSA) is 91.7 Å². The van der Waals surface area contributed by atoms with Crippen LogP contribution >= 0.6 is 23.5 Å². The van der Waals surface area contributed by atoms with Crippen LogP contribution in [0.4, 0.5) is 5.69 Å². The van der Waals surface area contributed by atoms with E-state index in [0.717, 1.165) is 12.1 Å². The van der Waals surface area contributed by atoms with E-state index < -0.39 is 0 Å². The number of rotatable bonds is 9. The number of amides is 1. The standard InChI is InChI=1S/C20H25N3O5S2/c1-12-9-14-18(30-12)19(25)23(7-8-26-2)20(22-14)29-11-17(24)21-13-5-6-15(27-3)16(10-13)28-4/h5-6,10,12H,7-9,11H2,1-4H3,(H,21,24). The minimum absolute atomic E-state index is 0.0609. The second-order valence-electron chi connectivity index (χ2n) is 6.66. The number of nitrogens with one attached hydrogen (secondary N) is 1. The van der Waals surface area contributed by atoms with Crippen LogP contribution in [-0.2, 0) is 22.5 Å². The van der Waals surface area contributed by atoms with Crippen molar-refractivity contribution in [3.8, 4) is 11.5 Å². The molecule has 0 saturated heterocycles. The number of hydrogen-bond acceptors (Lipinski definition) is 8. The molecule has 0 bridgehead atoms. The number of aromatic nitrogens is 2. The van der Waals surface area contributed by atoms with Crippen molar-refractivity contribution in [3.05, 3.63) is 34.2 Å². The van der Waals surface area contributed by atoms with Gasteiger partial charge in [-0.15, -0.1) is 11.8 Å². The van der Waals surface area contributed by atoms with Crippen molar-refractivity contribution in [3.63, 3.8) is 0 Å². The Morgan fingerprint density at radius 2 is 2.07 bits per heavy atom. The molecular formula is C20H25N3O5S2. The Hall–Kier alpha value is -2.17. The van der Waals surface area contributed by atoms with Crippen LogP contribution < -0.4 is 20.3 Å². The van der Waals surface area contributed by atoms with Gasteiger partial charge in [-0.2, -0.15) is 0 Å². The molecule has 1 amide bonds. The number of carbonyl (C=O) groups is 1. The van der Waals surface area contributed by atoms with Gasteiger partial charge >= 0.3 is 0 Å². The van der Waals surface area contributed by atoms with Gasteiger partial charge in [0.1, 0.15) is 0 Å². The van der Waals surface area contributed by atoms with Crippen LogP contribution in [0.1, 0.15) is 12.6 Å². The fourth-order valence-electron chi connectivity index (χ4n) is 3.06. The third-order valence-corrected chi connectivity index (χ3v) is 6.67. The minimum Gasteiger partial charge on any atom is -0.493 e. The molecule has 1 unspecified atom stereocenters. The highest BCUT2D eigenvalue weighted by Crippen LogP contribution is 2.34. The molecule has 8 nitrogen and oxygen atoms in total. The van der Waals surface area contributed by atoms with E-state index in [4.69, 9.17) is 14.2 Å². The Labute approximate surface area is 183 Å². The highest BCUT2D eigenvalue weighted by molar-refractivity contribution is 8.00. The molecule has 0 aliphatic carbocycles. The molecule has 0 fully saturated rings. The van der Waals surface area contributed by atoms with E-state index in [0.29, 0.717) is 45.6 Å². The summed E-state index contributed by atoms with van der Waals surface area (Å²) in [6.45, 7) is 2.87. The van der Waals surface area contributed by atoms with Gasteiger partial charge < -0.3 is 19.5 Å². The van der Waals surface area contributed by atoms with Crippen molar-refractivity contribution in [2.24, 2.45) is 0 Å². The van der Waals surface area contributed by atoms with E-state index in [1.54, 1.807) is 48.7 Å². The van der Waals surface area contributed by atoms with Gasteiger partial charge in [0.25, 0.3) is 5.56 Å². The molecule has 2 aromatic rings. The van der Waals surface area contributed by atoms with Crippen LogP contribution in [0.25, 0.3) is 0 Å². The van der Waals surface area contributed by atoms with Gasteiger partial charge in [0.2, 0.25) is 5.91 Å². The van der Waals surface area contributed by atoms with Gasteiger partial charge in [0.15, 0.2) is 16.7 Å². The Balaban J connectivity index is 1.73. The second-order valence-corrected chi connectivity index (χ2v) is 9.05. The van der Waals surface area contributed by atoms with E-state index >= 15 is 0 Å². The smallest absolute Gasteiger partial charge is 0.268 e. The minimum atomic E-state index is -0.206. The van der Waals surface area contributed by atoms with Gasteiger partial charge in [-0.25, -0.2) is 4.98 Å². The molecule has 1 aromatic heterocycles. The van der Waals surface area contributed by atoms with Crippen molar-refractivity contribution in [2.75, 3.05) is 39.0 Å². The van der Waals surface area contributed by atoms with Gasteiger partial charge in [0, 0.05) is 30.5 Å². The first-order valence-corrected chi connectivity index (χ1v) is 11.3. The molecule has 3 rings (SSSR count). The fourth-order valence-corrected chi connectivity index (χ4v) is 5.02. The highest BCUT2D eigenvalue weighted by atomic mass is 32.2. The second kappa shape index (κ2) is 10.2. The largest absolute Gasteiger partial charge is 0.493 e. The van der Waals surface area contributed by atoms with Crippen molar-refractivity contribution < 1.29 is 19.0 Å². The summed E-state index contributed by atoms with van der Waals surface area (Å²) in [6.07, 6.45) is 0.756. The number of carbonyl (C=O) groups excluding carboxylic acids is 1. The van der Waals surface area contributed by atoms with E-state index in [9.17, 15) is 9.59 Å². The monoisotopic (exact) mass is 451 g/mol. The molecule has 30 heavy (non-hydrogen) atoms. The molecule has 2 heterocycles. The number of anilines is 1. The lowest BCUT2D eigenvalue weighted by atomic mass is 10.2. The lowest BCUT2D eigenvalue weighted by Gasteiger charge is -2.13. The molecule has 1 N–H and O–H groups in total. The number of nitrogens with zero attached hydrogens (tertiary/aromatic N) is 2. The zero-order valence-corrected chi connectivity index (χ0v) is 19.0. The zero-order chi connectivity index (χ0) is 21.7. The first kappa shape index (κ1) is 22.5. The maximum atomic E-state index is 12.9. The van der Waals surface area contributed by atoms with E-state index in [1.807, 2.05) is 0 Å². The molecule has 162 valence electrons. The van der Waals surface area contributed by atoms with Crippen LogP contribution in [0, 0.1) is 0 Å². The van der Waals surface area contributed by atoms with Crippen molar-refractivity contribution >= 4 is 35.1 Å². The first-order valence-electron chi connectivity index (χ1n) is 9.40. The molecule has 1 aliphatic heterocycles. The van der Waals surface area contributed by atoms with Crippen LogP contribution in [0.15, 0.2) is 33.0 Å². The molecule has 1 aliphatic rings. The molecule has 0 radical (unpaired) electrons. The van der Waals surface area contributed by atoms with E-state index in [1.165, 1.54) is 18.9 Å². The van der Waals surface area contributed by atoms with Crippen LogP contribution in [0.5, 0.6) is 11.5 Å². The third kappa shape index (κ3) is 5.11. The average molecular weight is 452 g/mol. The quantitative estimate of drug-likeness (QED) is 0.460. The number of thioether (sulfide) groups is 2. The predicted molar refractivity (Wildman–Crippen MR) is 118 cm³/mol. The molecule has 1 atom stereocenters. The summed E-state index contributed by atoms with van der Waals surface area (Å²) in [5.41, 5.74) is 1.35. The lowest BCUT2D eigenvalue weighted by molar-refractivity contribution is -0.113. The first-order chi connectivity index (χ1) is 14.5. The molecule has 0 saturated carbocycles. The maximum Gasteiger partial charge on any atom is 0.268 e. The molecule has 0 spiro atoms. The summed E-state index contributed by atoms with van der Waals surface area (Å²) in [7, 11) is 4.68. The Bertz CT molecular complexity index is 980. The van der Waals surface area contributed by atoms with E-state index in [2.05, 4.69) is 17.2 Å². The highest BCUT2D eigenvalue weighted by Gasteiger charge is 2.26. The maximum absolute atomic E-state index is 12.9. The van der Waals surface area contributed by atoms with Gasteiger partial charge in [-0.1, -0.05) is 18.7 Å². The molecular weight excluding hydrogens is 426 g/mol. The summed E-state index contributed by atoms with van der Waals surface area (Å²) in [5, 5.41) is 3.69. The van der Waals surface area contributed by atoms with Crippen LogP contribution in [0.3, 0.4) is 0 Å². The Kier molecular flexibility index (Phi) is 7.68. The summed E-state index contributed by atoms with van der Waals surface area (Å²) >= 11 is 2.80. The number of fused-ring (bicyclic) bond motifs is 1. The number of ether oxygens (including phenoxy) is 3. The van der Waals surface area contributed by atoms with Crippen LogP contribution in [-0.4, -0.2) is 54.4 Å². The average Bonchev–Trinajstić information content (AvgIpc) is 3.12. The summed E-state index contributed by atoms with van der Waals surface area (Å²) < 4.78 is 17.2. The Morgan fingerprint density at radius 1 is 1.30 bits per heavy atom. The van der Waals surface area contributed by atoms with Gasteiger partial charge in [0.05, 0.1) is 43.7 Å². The van der Waals surface area contributed by atoms with Gasteiger partial charge in [-0.05, 0) is 12.1 Å². The SMILES string of the molecule is COCCn1c(SCC(=O)Nc2ccc(OC)c(OC)c2)nc2c(c1=O)SC(C)C2. The van der Waals surface area contributed by atoms with Crippen molar-refractivity contribution in [1.29, 1.82) is 0 Å². The summed E-state index contributed by atoms with van der Waals surface area (Å²) in [4.78, 5) is 30.8. The number of methoxy groups -OCH3 is 3. The zero-order valence-electron chi connectivity index (χ0n) is 17.4. The van der Waals surface area contributed by atoms with Gasteiger partial charge in [-0.3, -0.25) is 14.2 Å². The third-order valence-electron chi connectivity index (χ3n) is 4.48. The predicted octanol–water partition coefficient (Wildman–Crippen LogP) is 2.67. The van der Waals surface area contributed by atoms with Crippen molar-refractivity contribution in [2.45, 2.75) is 35.2 Å². The summed E-state index contributed by atoms with van der Waals surface area (Å²) in [5.74, 6) is 1.03. The number of benzene rings is 1. The van der Waals surface area contributed by atoms with Crippen LogP contribution in [0.2, 0.25) is 0 Å². The number of hydrogen-bond donors (Lipinski definition) is 1. The Morgan fingerprint density at radius 3 is 2.77 bits per heavy atom. The molecule has 1 aromatic carbocycles. The van der Waals surface area contributed by atoms with Crippen molar-refractivity contribution in [1.82, 2.24) is 9.55 Å². The normalized spacial score (nSPS) is 15.0. The fraction of sp³-hybridized carbons (Fsp3) is 0.450. The lowest BCUT2D eigenvalue weighted by Crippen LogP contribution is -2.27.